The normalized spacial score (nSPS) is 21.8. The van der Waals surface area contributed by atoms with Crippen LogP contribution in [0.25, 0.3) is 0 Å². The van der Waals surface area contributed by atoms with Crippen LogP contribution in [0.3, 0.4) is 0 Å². The Morgan fingerprint density at radius 2 is 2.10 bits per heavy atom. The molecule has 2 atom stereocenters. The fourth-order valence-corrected chi connectivity index (χ4v) is 2.41. The summed E-state index contributed by atoms with van der Waals surface area (Å²) in [5.74, 6) is -1.10. The summed E-state index contributed by atoms with van der Waals surface area (Å²) in [7, 11) is 0. The number of carboxylic acid groups (broad SMARTS) is 1. The molecule has 1 aliphatic rings. The van der Waals surface area contributed by atoms with Crippen LogP contribution >= 0.6 is 0 Å². The quantitative estimate of drug-likeness (QED) is 0.777. The lowest BCUT2D eigenvalue weighted by atomic mass is 10.1. The summed E-state index contributed by atoms with van der Waals surface area (Å²) >= 11 is 0. The van der Waals surface area contributed by atoms with Crippen molar-refractivity contribution < 1.29 is 19.8 Å². The van der Waals surface area contributed by atoms with Gasteiger partial charge in [0, 0.05) is 18.7 Å². The molecule has 1 aliphatic heterocycles. The molecule has 0 aliphatic carbocycles. The predicted octanol–water partition coefficient (Wildman–Crippen LogP) is 1.30. The number of para-hydroxylation sites is 1. The first-order valence-electron chi connectivity index (χ1n) is 6.59. The fraction of sp³-hybridized carbons (Fsp3) is 0.429. The van der Waals surface area contributed by atoms with E-state index in [2.05, 4.69) is 5.32 Å². The molecule has 0 saturated carbocycles. The fourth-order valence-electron chi connectivity index (χ4n) is 2.41. The number of nitrogens with one attached hydrogen (secondary N) is 1. The number of amides is 2. The Balaban J connectivity index is 2.13. The molecule has 1 aromatic carbocycles. The molecule has 1 heterocycles. The summed E-state index contributed by atoms with van der Waals surface area (Å²) < 4.78 is 0. The van der Waals surface area contributed by atoms with Gasteiger partial charge in [0.25, 0.3) is 0 Å². The van der Waals surface area contributed by atoms with Gasteiger partial charge in [0.05, 0.1) is 6.10 Å². The van der Waals surface area contributed by atoms with Crippen molar-refractivity contribution in [3.05, 3.63) is 29.8 Å². The second-order valence-electron chi connectivity index (χ2n) is 4.84. The van der Waals surface area contributed by atoms with Gasteiger partial charge in [-0.2, -0.15) is 0 Å². The number of urea groups is 1. The lowest BCUT2D eigenvalue weighted by molar-refractivity contribution is -0.141. The number of aliphatic carboxylic acids is 1. The topological polar surface area (TPSA) is 89.9 Å². The third-order valence-electron chi connectivity index (χ3n) is 3.46. The molecule has 1 fully saturated rings. The maximum absolute atomic E-state index is 12.2. The van der Waals surface area contributed by atoms with E-state index in [1.165, 1.54) is 4.90 Å². The first-order chi connectivity index (χ1) is 9.52. The standard InChI is InChI=1S/C14H18N2O4/c1-2-9-5-3-4-6-11(9)15-14(20)16-8-10(17)7-12(16)13(18)19/h3-6,10,12,17H,2,7-8H2,1H3,(H,15,20)(H,18,19)/t10-,12+/m1/s1. The summed E-state index contributed by atoms with van der Waals surface area (Å²) in [5.41, 5.74) is 1.65. The monoisotopic (exact) mass is 278 g/mol. The number of aryl methyl sites for hydroxylation is 1. The Bertz CT molecular complexity index is 518. The van der Waals surface area contributed by atoms with E-state index in [0.29, 0.717) is 5.69 Å². The van der Waals surface area contributed by atoms with Crippen LogP contribution in [-0.4, -0.2) is 45.8 Å². The van der Waals surface area contributed by atoms with Gasteiger partial charge in [-0.15, -0.1) is 0 Å². The number of hydrogen-bond acceptors (Lipinski definition) is 3. The highest BCUT2D eigenvalue weighted by atomic mass is 16.4. The lowest BCUT2D eigenvalue weighted by Crippen LogP contribution is -2.43. The molecule has 6 nitrogen and oxygen atoms in total. The van der Waals surface area contributed by atoms with Crippen molar-refractivity contribution >= 4 is 17.7 Å². The van der Waals surface area contributed by atoms with E-state index >= 15 is 0 Å². The molecule has 0 radical (unpaired) electrons. The number of rotatable bonds is 3. The van der Waals surface area contributed by atoms with E-state index in [9.17, 15) is 14.7 Å². The summed E-state index contributed by atoms with van der Waals surface area (Å²) in [4.78, 5) is 24.5. The summed E-state index contributed by atoms with van der Waals surface area (Å²) in [5, 5.41) is 21.4. The first kappa shape index (κ1) is 14.3. The van der Waals surface area contributed by atoms with Gasteiger partial charge in [0.15, 0.2) is 0 Å². The highest BCUT2D eigenvalue weighted by Crippen LogP contribution is 2.21. The molecule has 1 aromatic rings. The van der Waals surface area contributed by atoms with Gasteiger partial charge in [0.1, 0.15) is 6.04 Å². The average Bonchev–Trinajstić information content (AvgIpc) is 2.82. The number of hydrogen-bond donors (Lipinski definition) is 3. The van der Waals surface area contributed by atoms with Crippen LogP contribution in [0.15, 0.2) is 24.3 Å². The summed E-state index contributed by atoms with van der Waals surface area (Å²) in [6, 6.07) is 5.91. The minimum Gasteiger partial charge on any atom is -0.480 e. The third kappa shape index (κ3) is 2.91. The number of carbonyl (C=O) groups is 2. The molecule has 20 heavy (non-hydrogen) atoms. The van der Waals surface area contributed by atoms with Crippen LogP contribution in [0, 0.1) is 0 Å². The maximum atomic E-state index is 12.2. The van der Waals surface area contributed by atoms with Crippen molar-refractivity contribution in [2.75, 3.05) is 11.9 Å². The number of nitrogens with zero attached hydrogens (tertiary/aromatic N) is 1. The van der Waals surface area contributed by atoms with Gasteiger partial charge in [-0.05, 0) is 18.1 Å². The van der Waals surface area contributed by atoms with Crippen LogP contribution in [0.1, 0.15) is 18.9 Å². The Morgan fingerprint density at radius 3 is 2.75 bits per heavy atom. The molecule has 0 spiro atoms. The lowest BCUT2D eigenvalue weighted by Gasteiger charge is -2.22. The van der Waals surface area contributed by atoms with Gasteiger partial charge in [-0.25, -0.2) is 9.59 Å². The number of anilines is 1. The van der Waals surface area contributed by atoms with Gasteiger partial charge in [0.2, 0.25) is 0 Å². The largest absolute Gasteiger partial charge is 0.480 e. The van der Waals surface area contributed by atoms with Crippen LogP contribution < -0.4 is 5.32 Å². The van der Waals surface area contributed by atoms with Crippen molar-refractivity contribution in [2.24, 2.45) is 0 Å². The van der Waals surface area contributed by atoms with Crippen LogP contribution in [0.5, 0.6) is 0 Å². The van der Waals surface area contributed by atoms with E-state index in [0.717, 1.165) is 12.0 Å². The van der Waals surface area contributed by atoms with Gasteiger partial charge in [-0.3, -0.25) is 0 Å². The highest BCUT2D eigenvalue weighted by molar-refractivity contribution is 5.93. The van der Waals surface area contributed by atoms with Crippen molar-refractivity contribution in [3.8, 4) is 0 Å². The Labute approximate surface area is 117 Å². The average molecular weight is 278 g/mol. The minimum atomic E-state index is -1.10. The SMILES string of the molecule is CCc1ccccc1NC(=O)N1C[C@H](O)C[C@H]1C(=O)O. The number of aliphatic hydroxyl groups excluding tert-OH is 1. The molecule has 0 unspecified atom stereocenters. The predicted molar refractivity (Wildman–Crippen MR) is 73.6 cm³/mol. The van der Waals surface area contributed by atoms with Crippen LogP contribution in [0.4, 0.5) is 10.5 Å². The van der Waals surface area contributed by atoms with Crippen LogP contribution in [0.2, 0.25) is 0 Å². The molecule has 2 amide bonds. The Kier molecular flexibility index (Phi) is 4.24. The molecular formula is C14H18N2O4. The first-order valence-corrected chi connectivity index (χ1v) is 6.59. The summed E-state index contributed by atoms with van der Waals surface area (Å²) in [6.07, 6.45) is 0.0443. The zero-order chi connectivity index (χ0) is 14.7. The van der Waals surface area contributed by atoms with E-state index in [4.69, 9.17) is 5.11 Å². The number of likely N-dealkylation sites (tertiary alicyclic amines) is 1. The zero-order valence-corrected chi connectivity index (χ0v) is 11.2. The Hall–Kier alpha value is -2.08. The minimum absolute atomic E-state index is 0.0388. The molecule has 3 N–H and O–H groups in total. The van der Waals surface area contributed by atoms with Crippen LogP contribution in [-0.2, 0) is 11.2 Å². The Morgan fingerprint density at radius 1 is 1.40 bits per heavy atom. The van der Waals surface area contributed by atoms with E-state index in [1.807, 2.05) is 25.1 Å². The molecular weight excluding hydrogens is 260 g/mol. The van der Waals surface area contributed by atoms with E-state index in [-0.39, 0.29) is 13.0 Å². The van der Waals surface area contributed by atoms with Gasteiger partial charge in [-0.1, -0.05) is 25.1 Å². The second-order valence-corrected chi connectivity index (χ2v) is 4.84. The highest BCUT2D eigenvalue weighted by Gasteiger charge is 2.39. The third-order valence-corrected chi connectivity index (χ3v) is 3.46. The smallest absolute Gasteiger partial charge is 0.326 e. The molecule has 2 rings (SSSR count). The number of β-amino-alcohol motifs (C(OH)–C–C–N with tert-alkyl or cyclic N) is 1. The molecule has 0 bridgehead atoms. The van der Waals surface area contributed by atoms with Crippen molar-refractivity contribution in [1.29, 1.82) is 0 Å². The number of benzene rings is 1. The van der Waals surface area contributed by atoms with E-state index < -0.39 is 24.1 Å². The maximum Gasteiger partial charge on any atom is 0.326 e. The molecule has 0 aromatic heterocycles. The number of carbonyl (C=O) groups excluding carboxylic acids is 1. The van der Waals surface area contributed by atoms with Gasteiger partial charge >= 0.3 is 12.0 Å². The van der Waals surface area contributed by atoms with Crippen molar-refractivity contribution in [2.45, 2.75) is 31.9 Å². The second kappa shape index (κ2) is 5.92. The van der Waals surface area contributed by atoms with E-state index in [1.54, 1.807) is 6.07 Å². The molecule has 6 heteroatoms. The summed E-state index contributed by atoms with van der Waals surface area (Å²) in [6.45, 7) is 2.02. The number of aliphatic hydroxyl groups is 1. The zero-order valence-electron chi connectivity index (χ0n) is 11.2. The van der Waals surface area contributed by atoms with Crippen molar-refractivity contribution in [3.63, 3.8) is 0 Å². The molecule has 1 saturated heterocycles. The molecule has 108 valence electrons. The van der Waals surface area contributed by atoms with Gasteiger partial charge < -0.3 is 20.4 Å². The van der Waals surface area contributed by atoms with Crippen molar-refractivity contribution in [1.82, 2.24) is 4.90 Å². The number of carboxylic acids is 1.